The summed E-state index contributed by atoms with van der Waals surface area (Å²) in [6.45, 7) is 3.08. The first-order valence-corrected chi connectivity index (χ1v) is 8.11. The molecule has 5 heteroatoms. The molecule has 21 heavy (non-hydrogen) atoms. The molecule has 1 unspecified atom stereocenters. The second-order valence-corrected chi connectivity index (χ2v) is 6.03. The van der Waals surface area contributed by atoms with Crippen molar-refractivity contribution < 1.29 is 9.15 Å². The minimum absolute atomic E-state index is 0.136. The average molecular weight is 373 g/mol. The Hall–Kier alpha value is -0.970. The summed E-state index contributed by atoms with van der Waals surface area (Å²) in [4.78, 5) is 0. The van der Waals surface area contributed by atoms with E-state index in [0.717, 1.165) is 35.2 Å². The van der Waals surface area contributed by atoms with Crippen molar-refractivity contribution in [2.75, 3.05) is 13.7 Å². The molecule has 0 aliphatic carbocycles. The van der Waals surface area contributed by atoms with E-state index in [4.69, 9.17) is 20.8 Å². The summed E-state index contributed by atoms with van der Waals surface area (Å²) in [5.74, 6) is 0.832. The van der Waals surface area contributed by atoms with Gasteiger partial charge in [0.1, 0.15) is 5.75 Å². The molecule has 0 bridgehead atoms. The topological polar surface area (TPSA) is 34.4 Å². The highest BCUT2D eigenvalue weighted by atomic mass is 79.9. The lowest BCUT2D eigenvalue weighted by molar-refractivity contribution is 0.412. The smallest absolute Gasteiger partial charge is 0.197 e. The molecule has 2 rings (SSSR count). The Balaban J connectivity index is 2.18. The molecule has 0 aliphatic rings. The Labute approximate surface area is 138 Å². The van der Waals surface area contributed by atoms with Crippen molar-refractivity contribution in [1.29, 1.82) is 0 Å². The maximum absolute atomic E-state index is 6.12. The Kier molecular flexibility index (Phi) is 6.15. The third-order valence-corrected chi connectivity index (χ3v) is 4.25. The van der Waals surface area contributed by atoms with E-state index in [2.05, 4.69) is 40.3 Å². The van der Waals surface area contributed by atoms with Gasteiger partial charge < -0.3 is 14.5 Å². The molecule has 0 spiro atoms. The van der Waals surface area contributed by atoms with Crippen LogP contribution in [-0.2, 0) is 6.42 Å². The molecule has 1 atom stereocenters. The van der Waals surface area contributed by atoms with Crippen molar-refractivity contribution in [3.8, 4) is 5.75 Å². The van der Waals surface area contributed by atoms with Gasteiger partial charge in [-0.1, -0.05) is 13.0 Å². The van der Waals surface area contributed by atoms with Crippen molar-refractivity contribution in [1.82, 2.24) is 5.32 Å². The lowest BCUT2D eigenvalue weighted by Gasteiger charge is -2.18. The van der Waals surface area contributed by atoms with Gasteiger partial charge in [-0.15, -0.1) is 0 Å². The molecule has 0 amide bonds. The van der Waals surface area contributed by atoms with Crippen LogP contribution in [0, 0.1) is 0 Å². The summed E-state index contributed by atoms with van der Waals surface area (Å²) in [7, 11) is 1.66. The molecule has 0 radical (unpaired) electrons. The van der Waals surface area contributed by atoms with Crippen LogP contribution in [0.4, 0.5) is 0 Å². The van der Waals surface area contributed by atoms with Gasteiger partial charge in [-0.2, -0.15) is 0 Å². The van der Waals surface area contributed by atoms with Gasteiger partial charge in [0.15, 0.2) is 5.22 Å². The number of hydrogen-bond donors (Lipinski definition) is 1. The molecule has 0 saturated carbocycles. The van der Waals surface area contributed by atoms with Crippen LogP contribution in [-0.4, -0.2) is 13.7 Å². The summed E-state index contributed by atoms with van der Waals surface area (Å²) in [6, 6.07) is 8.17. The maximum atomic E-state index is 6.12. The molecule has 0 fully saturated rings. The van der Waals surface area contributed by atoms with Crippen molar-refractivity contribution in [3.05, 3.63) is 51.3 Å². The third kappa shape index (κ3) is 4.25. The van der Waals surface area contributed by atoms with Crippen LogP contribution < -0.4 is 10.1 Å². The zero-order valence-electron chi connectivity index (χ0n) is 12.2. The van der Waals surface area contributed by atoms with E-state index >= 15 is 0 Å². The van der Waals surface area contributed by atoms with Gasteiger partial charge in [0.2, 0.25) is 0 Å². The number of methoxy groups -OCH3 is 1. The molecule has 1 heterocycles. The second kappa shape index (κ2) is 7.87. The average Bonchev–Trinajstić information content (AvgIpc) is 2.90. The number of halogens is 2. The summed E-state index contributed by atoms with van der Waals surface area (Å²) in [5.41, 5.74) is 2.20. The molecule has 0 aliphatic heterocycles. The van der Waals surface area contributed by atoms with Crippen LogP contribution in [0.25, 0.3) is 0 Å². The number of hydrogen-bond acceptors (Lipinski definition) is 3. The SMILES string of the molecule is CCCNC(Cc1ccc(OC)c(Br)c1)c1ccoc1Cl. The molecule has 0 saturated heterocycles. The van der Waals surface area contributed by atoms with Crippen LogP contribution in [0.15, 0.2) is 39.4 Å². The largest absolute Gasteiger partial charge is 0.496 e. The standard InChI is InChI=1S/C16H19BrClNO2/c1-3-7-19-14(12-6-8-21-16(12)18)10-11-4-5-15(20-2)13(17)9-11/h4-6,8-9,14,19H,3,7,10H2,1-2H3. The number of nitrogens with one attached hydrogen (secondary N) is 1. The maximum Gasteiger partial charge on any atom is 0.197 e. The van der Waals surface area contributed by atoms with Crippen molar-refractivity contribution in [2.45, 2.75) is 25.8 Å². The first-order chi connectivity index (χ1) is 10.2. The first kappa shape index (κ1) is 16.4. The van der Waals surface area contributed by atoms with Crippen LogP contribution in [0.5, 0.6) is 5.75 Å². The minimum Gasteiger partial charge on any atom is -0.496 e. The van der Waals surface area contributed by atoms with E-state index in [0.29, 0.717) is 5.22 Å². The van der Waals surface area contributed by atoms with Crippen molar-refractivity contribution in [2.24, 2.45) is 0 Å². The second-order valence-electron chi connectivity index (χ2n) is 4.83. The number of rotatable bonds is 7. The van der Waals surface area contributed by atoms with Crippen LogP contribution >= 0.6 is 27.5 Å². The molecule has 2 aromatic rings. The van der Waals surface area contributed by atoms with E-state index in [1.807, 2.05) is 12.1 Å². The predicted molar refractivity (Wildman–Crippen MR) is 89.2 cm³/mol. The lowest BCUT2D eigenvalue weighted by atomic mass is 10.0. The molecule has 3 nitrogen and oxygen atoms in total. The summed E-state index contributed by atoms with van der Waals surface area (Å²) < 4.78 is 11.4. The van der Waals surface area contributed by atoms with Gasteiger partial charge in [-0.25, -0.2) is 0 Å². The van der Waals surface area contributed by atoms with Gasteiger partial charge in [0.25, 0.3) is 0 Å². The Morgan fingerprint density at radius 2 is 2.19 bits per heavy atom. The highest BCUT2D eigenvalue weighted by Crippen LogP contribution is 2.30. The number of furan rings is 1. The van der Waals surface area contributed by atoms with Crippen LogP contribution in [0.2, 0.25) is 5.22 Å². The third-order valence-electron chi connectivity index (χ3n) is 3.32. The van der Waals surface area contributed by atoms with E-state index in [1.54, 1.807) is 13.4 Å². The fourth-order valence-electron chi connectivity index (χ4n) is 2.24. The van der Waals surface area contributed by atoms with Crippen LogP contribution in [0.1, 0.15) is 30.5 Å². The number of ether oxygens (including phenoxy) is 1. The van der Waals surface area contributed by atoms with Gasteiger partial charge >= 0.3 is 0 Å². The minimum atomic E-state index is 0.136. The normalized spacial score (nSPS) is 12.4. The lowest BCUT2D eigenvalue weighted by Crippen LogP contribution is -2.24. The fourth-order valence-corrected chi connectivity index (χ4v) is 3.07. The molecular formula is C16H19BrClNO2. The van der Waals surface area contributed by atoms with Crippen molar-refractivity contribution in [3.63, 3.8) is 0 Å². The summed E-state index contributed by atoms with van der Waals surface area (Å²) >= 11 is 9.65. The van der Waals surface area contributed by atoms with Gasteiger partial charge in [0, 0.05) is 11.6 Å². The molecule has 1 N–H and O–H groups in total. The van der Waals surface area contributed by atoms with E-state index in [1.165, 1.54) is 5.56 Å². The molecular weight excluding hydrogens is 354 g/mol. The number of benzene rings is 1. The molecule has 1 aromatic heterocycles. The van der Waals surface area contributed by atoms with Gasteiger partial charge in [-0.05, 0) is 70.7 Å². The van der Waals surface area contributed by atoms with Crippen LogP contribution in [0.3, 0.4) is 0 Å². The zero-order chi connectivity index (χ0) is 15.2. The summed E-state index contributed by atoms with van der Waals surface area (Å²) in [6.07, 6.45) is 3.53. The Bertz CT molecular complexity index is 585. The molecule has 1 aromatic carbocycles. The predicted octanol–water partition coefficient (Wildman–Crippen LogP) is 4.99. The van der Waals surface area contributed by atoms with Gasteiger partial charge in [-0.3, -0.25) is 0 Å². The van der Waals surface area contributed by atoms with E-state index in [-0.39, 0.29) is 6.04 Å². The van der Waals surface area contributed by atoms with E-state index in [9.17, 15) is 0 Å². The van der Waals surface area contributed by atoms with Crippen molar-refractivity contribution >= 4 is 27.5 Å². The monoisotopic (exact) mass is 371 g/mol. The van der Waals surface area contributed by atoms with E-state index < -0.39 is 0 Å². The molecule has 114 valence electrons. The Morgan fingerprint density at radius 1 is 1.38 bits per heavy atom. The van der Waals surface area contributed by atoms with Gasteiger partial charge in [0.05, 0.1) is 17.8 Å². The fraction of sp³-hybridized carbons (Fsp3) is 0.375. The summed E-state index contributed by atoms with van der Waals surface area (Å²) in [5, 5.41) is 3.97. The first-order valence-electron chi connectivity index (χ1n) is 6.94. The highest BCUT2D eigenvalue weighted by Gasteiger charge is 2.17. The quantitative estimate of drug-likeness (QED) is 0.743. The zero-order valence-corrected chi connectivity index (χ0v) is 14.5. The highest BCUT2D eigenvalue weighted by molar-refractivity contribution is 9.10. The Morgan fingerprint density at radius 3 is 2.76 bits per heavy atom.